The van der Waals surface area contributed by atoms with Crippen molar-refractivity contribution in [3.63, 3.8) is 0 Å². The van der Waals surface area contributed by atoms with Crippen LogP contribution < -0.4 is 0 Å². The molecule has 0 bridgehead atoms. The average Bonchev–Trinajstić information content (AvgIpc) is 2.34. The van der Waals surface area contributed by atoms with Crippen LogP contribution in [0.2, 0.25) is 0 Å². The molecule has 0 amide bonds. The average molecular weight is 326 g/mol. The summed E-state index contributed by atoms with van der Waals surface area (Å²) in [6, 6.07) is 0. The van der Waals surface area contributed by atoms with E-state index in [0.29, 0.717) is 0 Å². The predicted molar refractivity (Wildman–Crippen MR) is 71.3 cm³/mol. The zero-order valence-corrected chi connectivity index (χ0v) is 13.4. The summed E-state index contributed by atoms with van der Waals surface area (Å²) in [5.41, 5.74) is -5.39. The van der Waals surface area contributed by atoms with Crippen LogP contribution in [0, 0.1) is 0 Å². The van der Waals surface area contributed by atoms with Crippen LogP contribution in [-0.2, 0) is 18.8 Å². The predicted octanol–water partition coefficient (Wildman–Crippen LogP) is 3.03. The topological polar surface area (TPSA) is 52.6 Å². The molecule has 0 radical (unpaired) electrons. The number of alkyl halides is 3. The molecule has 0 spiro atoms. The Morgan fingerprint density at radius 3 is 1.74 bits per heavy atom. The van der Waals surface area contributed by atoms with Crippen LogP contribution in [0.5, 0.6) is 0 Å². The Morgan fingerprint density at radius 1 is 1.05 bits per heavy atom. The van der Waals surface area contributed by atoms with Gasteiger partial charge in [-0.25, -0.2) is 0 Å². The summed E-state index contributed by atoms with van der Waals surface area (Å²) in [6.45, 7) is 1.75. The number of halogens is 3. The monoisotopic (exact) mass is 326 g/mol. The molecule has 0 rings (SSSR count). The molecule has 0 aromatic heterocycles. The Balaban J connectivity index is 5.64. The van der Waals surface area contributed by atoms with Crippen LogP contribution in [0.3, 0.4) is 0 Å². The molecule has 0 aromatic rings. The normalized spacial score (nSPS) is 16.1. The standard InChI is InChI=1S/C10H22F3O4PS/c1-5-18(6-2,7-3,9-8-16-4)17-19(14,15)10(11,12)13/h5-9H2,1-4H3. The molecule has 9 heteroatoms. The third-order valence-corrected chi connectivity index (χ3v) is 13.0. The molecule has 0 unspecified atom stereocenters. The van der Waals surface area contributed by atoms with Crippen molar-refractivity contribution in [2.45, 2.75) is 26.3 Å². The van der Waals surface area contributed by atoms with Crippen LogP contribution in [0.15, 0.2) is 0 Å². The van der Waals surface area contributed by atoms with Gasteiger partial charge in [0.15, 0.2) is 0 Å². The van der Waals surface area contributed by atoms with E-state index in [1.807, 2.05) is 0 Å². The second-order valence-corrected chi connectivity index (χ2v) is 12.5. The maximum atomic E-state index is 12.5. The van der Waals surface area contributed by atoms with E-state index in [-0.39, 0.29) is 31.3 Å². The molecule has 0 saturated heterocycles. The maximum absolute atomic E-state index is 12.5. The minimum absolute atomic E-state index is 0.181. The molecule has 4 nitrogen and oxygen atoms in total. The summed E-state index contributed by atoms with van der Waals surface area (Å²) >= 11 is 0. The van der Waals surface area contributed by atoms with Crippen molar-refractivity contribution in [1.29, 1.82) is 0 Å². The minimum atomic E-state index is -5.58. The van der Waals surface area contributed by atoms with Crippen molar-refractivity contribution < 1.29 is 30.3 Å². The summed E-state index contributed by atoms with van der Waals surface area (Å²) in [6.07, 6.45) is 1.03. The van der Waals surface area contributed by atoms with Crippen molar-refractivity contribution in [3.8, 4) is 0 Å². The van der Waals surface area contributed by atoms with E-state index in [1.165, 1.54) is 7.11 Å². The molecule has 118 valence electrons. The Hall–Kier alpha value is 0.0900. The molecule has 0 aliphatic rings. The van der Waals surface area contributed by atoms with Crippen molar-refractivity contribution in [2.75, 3.05) is 38.4 Å². The summed E-state index contributed by atoms with van der Waals surface area (Å²) in [5, 5.41) is 0. The van der Waals surface area contributed by atoms with E-state index in [9.17, 15) is 21.6 Å². The summed E-state index contributed by atoms with van der Waals surface area (Å²) < 4.78 is 70.1. The van der Waals surface area contributed by atoms with Gasteiger partial charge >= 0.3 is 112 Å². The Morgan fingerprint density at radius 2 is 1.47 bits per heavy atom. The van der Waals surface area contributed by atoms with Crippen LogP contribution in [0.25, 0.3) is 0 Å². The molecule has 0 saturated carbocycles. The number of hydrogen-bond acceptors (Lipinski definition) is 4. The zero-order valence-electron chi connectivity index (χ0n) is 11.7. The fourth-order valence-electron chi connectivity index (χ4n) is 1.98. The number of ether oxygens (including phenoxy) is 1. The Kier molecular flexibility index (Phi) is 6.27. The Labute approximate surface area is 112 Å². The molecule has 0 aliphatic carbocycles. The van der Waals surface area contributed by atoms with Crippen LogP contribution >= 0.6 is 6.83 Å². The van der Waals surface area contributed by atoms with Crippen LogP contribution in [-0.4, -0.2) is 52.3 Å². The van der Waals surface area contributed by atoms with Gasteiger partial charge in [0.05, 0.1) is 0 Å². The van der Waals surface area contributed by atoms with Gasteiger partial charge in [-0.05, 0) is 0 Å². The molecular weight excluding hydrogens is 304 g/mol. The molecular formula is C10H22F3O4PS. The number of rotatable bonds is 8. The van der Waals surface area contributed by atoms with Crippen LogP contribution in [0.4, 0.5) is 13.2 Å². The molecule has 0 fully saturated rings. The van der Waals surface area contributed by atoms with Gasteiger partial charge < -0.3 is 0 Å². The third-order valence-electron chi connectivity index (χ3n) is 3.85. The third kappa shape index (κ3) is 4.03. The van der Waals surface area contributed by atoms with E-state index in [2.05, 4.69) is 0 Å². The first kappa shape index (κ1) is 19.1. The van der Waals surface area contributed by atoms with Crippen molar-refractivity contribution in [1.82, 2.24) is 0 Å². The van der Waals surface area contributed by atoms with E-state index in [4.69, 9.17) is 8.71 Å². The first-order chi connectivity index (χ1) is 8.51. The van der Waals surface area contributed by atoms with Gasteiger partial charge in [-0.1, -0.05) is 0 Å². The summed E-state index contributed by atoms with van der Waals surface area (Å²) in [7, 11) is -4.16. The van der Waals surface area contributed by atoms with E-state index < -0.39 is 22.5 Å². The first-order valence-corrected chi connectivity index (χ1v) is 10.3. The van der Waals surface area contributed by atoms with Gasteiger partial charge in [0.25, 0.3) is 0 Å². The van der Waals surface area contributed by atoms with Gasteiger partial charge in [0.2, 0.25) is 0 Å². The molecule has 0 atom stereocenters. The molecule has 19 heavy (non-hydrogen) atoms. The SMILES string of the molecule is CCP(CC)(CC)(CCOC)OS(=O)(=O)C(F)(F)F. The van der Waals surface area contributed by atoms with Gasteiger partial charge in [-0.3, -0.25) is 0 Å². The summed E-state index contributed by atoms with van der Waals surface area (Å²) in [5.74, 6) is 0. The van der Waals surface area contributed by atoms with E-state index >= 15 is 0 Å². The fourth-order valence-corrected chi connectivity index (χ4v) is 9.04. The molecule has 0 heterocycles. The first-order valence-electron chi connectivity index (χ1n) is 6.04. The summed E-state index contributed by atoms with van der Waals surface area (Å²) in [4.78, 5) is 0. The Bertz CT molecular complexity index is 379. The number of methoxy groups -OCH3 is 1. The molecule has 0 N–H and O–H groups in total. The van der Waals surface area contributed by atoms with Crippen LogP contribution in [0.1, 0.15) is 20.8 Å². The van der Waals surface area contributed by atoms with Gasteiger partial charge in [-0.2, -0.15) is 0 Å². The van der Waals surface area contributed by atoms with Crippen molar-refractivity contribution in [2.24, 2.45) is 0 Å². The van der Waals surface area contributed by atoms with E-state index in [0.717, 1.165) is 0 Å². The van der Waals surface area contributed by atoms with E-state index in [1.54, 1.807) is 20.8 Å². The fraction of sp³-hybridized carbons (Fsp3) is 1.00. The zero-order chi connectivity index (χ0) is 15.4. The van der Waals surface area contributed by atoms with Gasteiger partial charge in [0, 0.05) is 0 Å². The molecule has 0 aromatic carbocycles. The van der Waals surface area contributed by atoms with Crippen molar-refractivity contribution in [3.05, 3.63) is 0 Å². The van der Waals surface area contributed by atoms with Gasteiger partial charge in [0.1, 0.15) is 0 Å². The molecule has 0 aliphatic heterocycles. The second kappa shape index (κ2) is 6.24. The quantitative estimate of drug-likeness (QED) is 0.508. The van der Waals surface area contributed by atoms with Gasteiger partial charge in [-0.15, -0.1) is 0 Å². The number of hydrogen-bond donors (Lipinski definition) is 0. The second-order valence-electron chi connectivity index (χ2n) is 4.50. The van der Waals surface area contributed by atoms with Crippen molar-refractivity contribution >= 4 is 16.9 Å².